The SMILES string of the molecule is CN(CC1CCCC1)C(=O)[C@H]1Cc2ccccc2CN1. The van der Waals surface area contributed by atoms with Crippen LogP contribution in [-0.4, -0.2) is 30.4 Å². The van der Waals surface area contributed by atoms with Gasteiger partial charge < -0.3 is 10.2 Å². The predicted molar refractivity (Wildman–Crippen MR) is 80.4 cm³/mol. The molecule has 0 aromatic heterocycles. The molecule has 1 heterocycles. The van der Waals surface area contributed by atoms with Gasteiger partial charge in [-0.3, -0.25) is 4.79 Å². The van der Waals surface area contributed by atoms with Gasteiger partial charge in [0, 0.05) is 20.1 Å². The van der Waals surface area contributed by atoms with E-state index in [1.54, 1.807) is 0 Å². The number of nitrogens with one attached hydrogen (secondary N) is 1. The Kier molecular flexibility index (Phi) is 4.06. The zero-order chi connectivity index (χ0) is 13.9. The highest BCUT2D eigenvalue weighted by Crippen LogP contribution is 2.25. The molecule has 20 heavy (non-hydrogen) atoms. The number of rotatable bonds is 3. The summed E-state index contributed by atoms with van der Waals surface area (Å²) in [6, 6.07) is 8.37. The van der Waals surface area contributed by atoms with Crippen LogP contribution in [0.25, 0.3) is 0 Å². The third-order valence-corrected chi connectivity index (χ3v) is 4.76. The van der Waals surface area contributed by atoms with Gasteiger partial charge in [0.2, 0.25) is 5.91 Å². The first kappa shape index (κ1) is 13.6. The van der Waals surface area contributed by atoms with Crippen LogP contribution in [0.3, 0.4) is 0 Å². The lowest BCUT2D eigenvalue weighted by atomic mass is 9.95. The van der Waals surface area contributed by atoms with Gasteiger partial charge in [-0.25, -0.2) is 0 Å². The molecule has 1 N–H and O–H groups in total. The van der Waals surface area contributed by atoms with Crippen molar-refractivity contribution in [2.75, 3.05) is 13.6 Å². The number of nitrogens with zero attached hydrogens (tertiary/aromatic N) is 1. The van der Waals surface area contributed by atoms with Gasteiger partial charge in [-0.1, -0.05) is 37.1 Å². The van der Waals surface area contributed by atoms with Crippen molar-refractivity contribution < 1.29 is 4.79 Å². The summed E-state index contributed by atoms with van der Waals surface area (Å²) in [4.78, 5) is 14.5. The molecule has 1 aliphatic carbocycles. The molecule has 1 fully saturated rings. The smallest absolute Gasteiger partial charge is 0.239 e. The van der Waals surface area contributed by atoms with Crippen molar-refractivity contribution in [3.8, 4) is 0 Å². The molecule has 1 aromatic rings. The molecular weight excluding hydrogens is 248 g/mol. The number of carbonyl (C=O) groups is 1. The second-order valence-corrected chi connectivity index (χ2v) is 6.28. The van der Waals surface area contributed by atoms with E-state index in [2.05, 4.69) is 29.6 Å². The summed E-state index contributed by atoms with van der Waals surface area (Å²) < 4.78 is 0. The third-order valence-electron chi connectivity index (χ3n) is 4.76. The van der Waals surface area contributed by atoms with Crippen molar-refractivity contribution in [3.63, 3.8) is 0 Å². The van der Waals surface area contributed by atoms with E-state index in [-0.39, 0.29) is 11.9 Å². The lowest BCUT2D eigenvalue weighted by Gasteiger charge is -2.30. The molecule has 0 unspecified atom stereocenters. The van der Waals surface area contributed by atoms with Crippen molar-refractivity contribution in [3.05, 3.63) is 35.4 Å². The van der Waals surface area contributed by atoms with Crippen LogP contribution in [0.4, 0.5) is 0 Å². The van der Waals surface area contributed by atoms with E-state index in [1.807, 2.05) is 11.9 Å². The molecule has 3 nitrogen and oxygen atoms in total. The molecule has 1 amide bonds. The zero-order valence-electron chi connectivity index (χ0n) is 12.3. The summed E-state index contributed by atoms with van der Waals surface area (Å²) in [6.07, 6.45) is 6.07. The van der Waals surface area contributed by atoms with Crippen molar-refractivity contribution >= 4 is 5.91 Å². The molecule has 108 valence electrons. The average molecular weight is 272 g/mol. The van der Waals surface area contributed by atoms with Crippen LogP contribution in [0.5, 0.6) is 0 Å². The van der Waals surface area contributed by atoms with E-state index < -0.39 is 0 Å². The molecule has 1 atom stereocenters. The van der Waals surface area contributed by atoms with Crippen molar-refractivity contribution in [2.24, 2.45) is 5.92 Å². The number of amides is 1. The third kappa shape index (κ3) is 2.88. The molecule has 1 aliphatic heterocycles. The number of fused-ring (bicyclic) bond motifs is 1. The quantitative estimate of drug-likeness (QED) is 0.916. The van der Waals surface area contributed by atoms with E-state index in [0.717, 1.165) is 25.4 Å². The second kappa shape index (κ2) is 5.96. The molecule has 3 heteroatoms. The summed E-state index contributed by atoms with van der Waals surface area (Å²) >= 11 is 0. The van der Waals surface area contributed by atoms with E-state index in [0.29, 0.717) is 0 Å². The van der Waals surface area contributed by atoms with E-state index in [1.165, 1.54) is 36.8 Å². The number of benzene rings is 1. The lowest BCUT2D eigenvalue weighted by molar-refractivity contribution is -0.132. The Balaban J connectivity index is 1.60. The largest absolute Gasteiger partial charge is 0.344 e. The molecule has 0 saturated heterocycles. The van der Waals surface area contributed by atoms with Gasteiger partial charge in [0.25, 0.3) is 0 Å². The normalized spacial score (nSPS) is 22.6. The standard InChI is InChI=1S/C17H24N2O/c1-19(12-13-6-2-3-7-13)17(20)16-10-14-8-4-5-9-15(14)11-18-16/h4-5,8-9,13,16,18H,2-3,6-7,10-12H2,1H3/t16-/m1/s1. The Morgan fingerprint density at radius 1 is 1.25 bits per heavy atom. The summed E-state index contributed by atoms with van der Waals surface area (Å²) in [5, 5.41) is 3.39. The fourth-order valence-corrected chi connectivity index (χ4v) is 3.57. The summed E-state index contributed by atoms with van der Waals surface area (Å²) in [6.45, 7) is 1.74. The predicted octanol–water partition coefficient (Wildman–Crippen LogP) is 2.35. The fraction of sp³-hybridized carbons (Fsp3) is 0.588. The molecule has 2 aliphatic rings. The van der Waals surface area contributed by atoms with Gasteiger partial charge >= 0.3 is 0 Å². The minimum atomic E-state index is -0.0451. The van der Waals surface area contributed by atoms with Gasteiger partial charge in [0.1, 0.15) is 0 Å². The van der Waals surface area contributed by atoms with Crippen molar-refractivity contribution in [1.82, 2.24) is 10.2 Å². The average Bonchev–Trinajstić information content (AvgIpc) is 2.99. The monoisotopic (exact) mass is 272 g/mol. The van der Waals surface area contributed by atoms with E-state index >= 15 is 0 Å². The highest BCUT2D eigenvalue weighted by Gasteiger charge is 2.28. The van der Waals surface area contributed by atoms with Gasteiger partial charge in [0.15, 0.2) is 0 Å². The maximum Gasteiger partial charge on any atom is 0.239 e. The fourth-order valence-electron chi connectivity index (χ4n) is 3.57. The number of carbonyl (C=O) groups excluding carboxylic acids is 1. The number of hydrogen-bond acceptors (Lipinski definition) is 2. The van der Waals surface area contributed by atoms with Gasteiger partial charge in [-0.15, -0.1) is 0 Å². The Hall–Kier alpha value is -1.35. The lowest BCUT2D eigenvalue weighted by Crippen LogP contribution is -2.49. The highest BCUT2D eigenvalue weighted by atomic mass is 16.2. The van der Waals surface area contributed by atoms with Crippen LogP contribution in [0.1, 0.15) is 36.8 Å². The Bertz CT molecular complexity index is 480. The first-order valence-electron chi connectivity index (χ1n) is 7.79. The van der Waals surface area contributed by atoms with Crippen LogP contribution in [0.2, 0.25) is 0 Å². The van der Waals surface area contributed by atoms with E-state index in [9.17, 15) is 4.79 Å². The minimum absolute atomic E-state index is 0.0451. The van der Waals surface area contributed by atoms with E-state index in [4.69, 9.17) is 0 Å². The number of likely N-dealkylation sites (N-methyl/N-ethyl adjacent to an activating group) is 1. The van der Waals surface area contributed by atoms with Crippen LogP contribution in [0, 0.1) is 5.92 Å². The maximum atomic E-state index is 12.6. The molecule has 0 spiro atoms. The van der Waals surface area contributed by atoms with Crippen molar-refractivity contribution in [2.45, 2.75) is 44.7 Å². The van der Waals surface area contributed by atoms with Crippen LogP contribution < -0.4 is 5.32 Å². The maximum absolute atomic E-state index is 12.6. The minimum Gasteiger partial charge on any atom is -0.344 e. The molecule has 1 saturated carbocycles. The topological polar surface area (TPSA) is 32.3 Å². The molecular formula is C17H24N2O. The first-order valence-corrected chi connectivity index (χ1v) is 7.79. The molecule has 0 bridgehead atoms. The Morgan fingerprint density at radius 2 is 1.95 bits per heavy atom. The molecule has 3 rings (SSSR count). The van der Waals surface area contributed by atoms with Crippen LogP contribution in [-0.2, 0) is 17.8 Å². The Labute approximate surface area is 121 Å². The Morgan fingerprint density at radius 3 is 2.70 bits per heavy atom. The van der Waals surface area contributed by atoms with Crippen LogP contribution in [0.15, 0.2) is 24.3 Å². The van der Waals surface area contributed by atoms with Crippen molar-refractivity contribution in [1.29, 1.82) is 0 Å². The van der Waals surface area contributed by atoms with Gasteiger partial charge in [-0.05, 0) is 36.3 Å². The van der Waals surface area contributed by atoms with Gasteiger partial charge in [-0.2, -0.15) is 0 Å². The molecule has 0 radical (unpaired) electrons. The van der Waals surface area contributed by atoms with Crippen LogP contribution >= 0.6 is 0 Å². The highest BCUT2D eigenvalue weighted by molar-refractivity contribution is 5.82. The number of hydrogen-bond donors (Lipinski definition) is 1. The second-order valence-electron chi connectivity index (χ2n) is 6.28. The molecule has 1 aromatic carbocycles. The summed E-state index contributed by atoms with van der Waals surface area (Å²) in [5.74, 6) is 0.978. The zero-order valence-corrected chi connectivity index (χ0v) is 12.3. The first-order chi connectivity index (χ1) is 9.74. The van der Waals surface area contributed by atoms with Gasteiger partial charge in [0.05, 0.1) is 6.04 Å². The summed E-state index contributed by atoms with van der Waals surface area (Å²) in [5.41, 5.74) is 2.65. The summed E-state index contributed by atoms with van der Waals surface area (Å²) in [7, 11) is 1.96.